The topological polar surface area (TPSA) is 47.6 Å². The molecule has 2 unspecified atom stereocenters. The molecule has 138 valence electrons. The van der Waals surface area contributed by atoms with Crippen molar-refractivity contribution in [3.8, 4) is 5.75 Å². The number of amides is 1. The molecule has 0 spiro atoms. The van der Waals surface area contributed by atoms with Crippen molar-refractivity contribution in [1.29, 1.82) is 0 Å². The molecule has 1 aromatic carbocycles. The van der Waals surface area contributed by atoms with Crippen molar-refractivity contribution in [3.05, 3.63) is 36.0 Å². The van der Waals surface area contributed by atoms with Gasteiger partial charge in [0.2, 0.25) is 5.91 Å². The number of hydrogen-bond acceptors (Lipinski definition) is 3. The number of rotatable bonds is 7. The number of methoxy groups -OCH3 is 1. The second-order valence-electron chi connectivity index (χ2n) is 7.51. The van der Waals surface area contributed by atoms with Gasteiger partial charge in [0.1, 0.15) is 12.4 Å². The monoisotopic (exact) mass is 345 g/mol. The summed E-state index contributed by atoms with van der Waals surface area (Å²) < 4.78 is 11.0. The highest BCUT2D eigenvalue weighted by Crippen LogP contribution is 2.42. The van der Waals surface area contributed by atoms with Crippen molar-refractivity contribution < 1.29 is 14.3 Å². The molecule has 0 radical (unpaired) electrons. The summed E-state index contributed by atoms with van der Waals surface area (Å²) in [5, 5.41) is 2.77. The number of benzene rings is 1. The molecule has 1 N–H and O–H groups in total. The van der Waals surface area contributed by atoms with E-state index in [1.165, 1.54) is 12.8 Å². The van der Waals surface area contributed by atoms with E-state index in [0.717, 1.165) is 24.2 Å². The third-order valence-electron chi connectivity index (χ3n) is 5.45. The predicted molar refractivity (Wildman–Crippen MR) is 101 cm³/mol. The number of ether oxygens (including phenoxy) is 2. The quantitative estimate of drug-likeness (QED) is 0.796. The zero-order valence-electron chi connectivity index (χ0n) is 15.9. The summed E-state index contributed by atoms with van der Waals surface area (Å²) in [6.45, 7) is 7.01. The summed E-state index contributed by atoms with van der Waals surface area (Å²) in [6, 6.07) is 7.65. The van der Waals surface area contributed by atoms with E-state index >= 15 is 0 Å². The number of carbonyl (C=O) groups is 1. The molecule has 0 aliphatic heterocycles. The van der Waals surface area contributed by atoms with Crippen LogP contribution in [0.1, 0.15) is 52.0 Å². The van der Waals surface area contributed by atoms with Gasteiger partial charge in [0.05, 0.1) is 13.2 Å². The molecule has 0 heterocycles. The molecule has 1 aliphatic rings. The van der Waals surface area contributed by atoms with Crippen LogP contribution in [-0.4, -0.2) is 25.7 Å². The zero-order valence-corrected chi connectivity index (χ0v) is 15.9. The summed E-state index contributed by atoms with van der Waals surface area (Å²) in [6.07, 6.45) is 8.23. The first-order chi connectivity index (χ1) is 11.9. The summed E-state index contributed by atoms with van der Waals surface area (Å²) in [4.78, 5) is 12.0. The maximum atomic E-state index is 12.0. The predicted octanol–water partition coefficient (Wildman–Crippen LogP) is 4.40. The Morgan fingerprint density at radius 1 is 1.36 bits per heavy atom. The van der Waals surface area contributed by atoms with Gasteiger partial charge in [-0.2, -0.15) is 0 Å². The molecule has 1 aliphatic carbocycles. The van der Waals surface area contributed by atoms with Crippen molar-refractivity contribution >= 4 is 12.0 Å². The van der Waals surface area contributed by atoms with Gasteiger partial charge in [-0.3, -0.25) is 4.79 Å². The van der Waals surface area contributed by atoms with Crippen LogP contribution in [0.2, 0.25) is 0 Å². The van der Waals surface area contributed by atoms with Gasteiger partial charge in [0.15, 0.2) is 0 Å². The molecular formula is C21H31NO3. The van der Waals surface area contributed by atoms with Crippen LogP contribution >= 0.6 is 0 Å². The maximum Gasteiger partial charge on any atom is 0.249 e. The number of nitrogens with one attached hydrogen (secondary N) is 1. The van der Waals surface area contributed by atoms with Crippen LogP contribution in [0.25, 0.3) is 6.08 Å². The Kier molecular flexibility index (Phi) is 7.06. The standard InChI is InChI=1S/C21H31NO3/c1-16(2)21(3)12-5-6-19(14-21)25-15-20(23)22-13-11-17-7-9-18(24-4)10-8-17/h7-11,13,16,19H,5-6,12,14-15H2,1-4H3,(H,22,23). The lowest BCUT2D eigenvalue weighted by atomic mass is 9.67. The van der Waals surface area contributed by atoms with Crippen LogP contribution in [0.5, 0.6) is 5.75 Å². The molecule has 2 atom stereocenters. The highest BCUT2D eigenvalue weighted by atomic mass is 16.5. The second kappa shape index (κ2) is 9.04. The van der Waals surface area contributed by atoms with E-state index in [2.05, 4.69) is 26.1 Å². The van der Waals surface area contributed by atoms with E-state index in [0.29, 0.717) is 11.3 Å². The van der Waals surface area contributed by atoms with Gasteiger partial charge >= 0.3 is 0 Å². The Labute approximate surface area is 151 Å². The SMILES string of the molecule is COc1ccc(C=CNC(=O)COC2CCCC(C)(C(C)C)C2)cc1. The lowest BCUT2D eigenvalue weighted by Crippen LogP contribution is -2.36. The van der Waals surface area contributed by atoms with Crippen LogP contribution in [0.3, 0.4) is 0 Å². The average Bonchev–Trinajstić information content (AvgIpc) is 2.60. The summed E-state index contributed by atoms with van der Waals surface area (Å²) in [7, 11) is 1.64. The fraction of sp³-hybridized carbons (Fsp3) is 0.571. The van der Waals surface area contributed by atoms with Crippen molar-refractivity contribution in [2.45, 2.75) is 52.6 Å². The van der Waals surface area contributed by atoms with E-state index in [1.54, 1.807) is 13.3 Å². The lowest BCUT2D eigenvalue weighted by Gasteiger charge is -2.41. The zero-order chi connectivity index (χ0) is 18.3. The highest BCUT2D eigenvalue weighted by Gasteiger charge is 2.35. The van der Waals surface area contributed by atoms with Gasteiger partial charge in [0.25, 0.3) is 0 Å². The number of hydrogen-bond donors (Lipinski definition) is 1. The normalized spacial score (nSPS) is 23.8. The first-order valence-corrected chi connectivity index (χ1v) is 9.14. The fourth-order valence-electron chi connectivity index (χ4n) is 3.31. The van der Waals surface area contributed by atoms with E-state index in [4.69, 9.17) is 9.47 Å². The van der Waals surface area contributed by atoms with Crippen LogP contribution < -0.4 is 10.1 Å². The van der Waals surface area contributed by atoms with Gasteiger partial charge in [-0.25, -0.2) is 0 Å². The first-order valence-electron chi connectivity index (χ1n) is 9.14. The number of carbonyl (C=O) groups excluding carboxylic acids is 1. The van der Waals surface area contributed by atoms with Crippen LogP contribution in [0.4, 0.5) is 0 Å². The molecule has 0 saturated heterocycles. The largest absolute Gasteiger partial charge is 0.497 e. The lowest BCUT2D eigenvalue weighted by molar-refractivity contribution is -0.128. The molecule has 1 amide bonds. The Balaban J connectivity index is 1.74. The molecule has 25 heavy (non-hydrogen) atoms. The average molecular weight is 345 g/mol. The minimum absolute atomic E-state index is 0.110. The van der Waals surface area contributed by atoms with Gasteiger partial charge < -0.3 is 14.8 Å². The van der Waals surface area contributed by atoms with Gasteiger partial charge in [-0.1, -0.05) is 39.3 Å². The molecule has 1 fully saturated rings. The Bertz CT molecular complexity index is 579. The first kappa shape index (κ1) is 19.5. The van der Waals surface area contributed by atoms with Crippen molar-refractivity contribution in [3.63, 3.8) is 0 Å². The van der Waals surface area contributed by atoms with Crippen LogP contribution in [0.15, 0.2) is 30.5 Å². The molecule has 4 heteroatoms. The third-order valence-corrected chi connectivity index (χ3v) is 5.45. The maximum absolute atomic E-state index is 12.0. The minimum atomic E-state index is -0.110. The molecule has 4 nitrogen and oxygen atoms in total. The second-order valence-corrected chi connectivity index (χ2v) is 7.51. The molecule has 2 rings (SSSR count). The molecular weight excluding hydrogens is 314 g/mol. The van der Waals surface area contributed by atoms with Gasteiger partial charge in [0, 0.05) is 6.20 Å². The summed E-state index contributed by atoms with van der Waals surface area (Å²) in [5.74, 6) is 1.34. The molecule has 1 aromatic rings. The van der Waals surface area contributed by atoms with Gasteiger partial charge in [-0.15, -0.1) is 0 Å². The molecule has 1 saturated carbocycles. The Morgan fingerprint density at radius 3 is 2.72 bits per heavy atom. The van der Waals surface area contributed by atoms with Crippen LogP contribution in [-0.2, 0) is 9.53 Å². The van der Waals surface area contributed by atoms with E-state index in [1.807, 2.05) is 30.3 Å². The Hall–Kier alpha value is -1.81. The smallest absolute Gasteiger partial charge is 0.249 e. The Morgan fingerprint density at radius 2 is 2.08 bits per heavy atom. The van der Waals surface area contributed by atoms with Crippen LogP contribution in [0, 0.1) is 11.3 Å². The minimum Gasteiger partial charge on any atom is -0.497 e. The third kappa shape index (κ3) is 5.89. The van der Waals surface area contributed by atoms with Gasteiger partial charge in [-0.05, 0) is 54.4 Å². The summed E-state index contributed by atoms with van der Waals surface area (Å²) in [5.41, 5.74) is 1.33. The van der Waals surface area contributed by atoms with E-state index < -0.39 is 0 Å². The molecule has 0 bridgehead atoms. The van der Waals surface area contributed by atoms with Crippen molar-refractivity contribution in [1.82, 2.24) is 5.32 Å². The fourth-order valence-corrected chi connectivity index (χ4v) is 3.31. The van der Waals surface area contributed by atoms with E-state index in [-0.39, 0.29) is 18.6 Å². The van der Waals surface area contributed by atoms with Crippen molar-refractivity contribution in [2.24, 2.45) is 11.3 Å². The summed E-state index contributed by atoms with van der Waals surface area (Å²) >= 11 is 0. The van der Waals surface area contributed by atoms with E-state index in [9.17, 15) is 4.79 Å². The highest BCUT2D eigenvalue weighted by molar-refractivity contribution is 5.79. The van der Waals surface area contributed by atoms with Crippen molar-refractivity contribution in [2.75, 3.05) is 13.7 Å². The molecule has 0 aromatic heterocycles.